The van der Waals surface area contributed by atoms with Crippen molar-refractivity contribution in [1.82, 2.24) is 9.88 Å². The molecule has 0 saturated carbocycles. The van der Waals surface area contributed by atoms with E-state index in [1.165, 1.54) is 0 Å². The number of pyridine rings is 1. The first kappa shape index (κ1) is 13.0. The van der Waals surface area contributed by atoms with Crippen molar-refractivity contribution in [2.75, 3.05) is 19.7 Å². The number of carbonyl (C=O) groups is 1. The lowest BCUT2D eigenvalue weighted by atomic mass is 9.95. The van der Waals surface area contributed by atoms with Gasteiger partial charge in [0.05, 0.1) is 6.42 Å². The average Bonchev–Trinajstić information content (AvgIpc) is 2.40. The summed E-state index contributed by atoms with van der Waals surface area (Å²) in [7, 11) is 0. The molecule has 1 unspecified atom stereocenters. The molecule has 0 bridgehead atoms. The van der Waals surface area contributed by atoms with Gasteiger partial charge in [-0.2, -0.15) is 0 Å². The second kappa shape index (κ2) is 6.50. The fraction of sp³-hybridized carbons (Fsp3) is 0.571. The van der Waals surface area contributed by atoms with Gasteiger partial charge in [-0.15, -0.1) is 0 Å². The van der Waals surface area contributed by atoms with Crippen LogP contribution in [0.25, 0.3) is 0 Å². The Morgan fingerprint density at radius 1 is 1.56 bits per heavy atom. The smallest absolute Gasteiger partial charge is 0.227 e. The minimum atomic E-state index is 0.172. The summed E-state index contributed by atoms with van der Waals surface area (Å²) in [5.74, 6) is 0.632. The molecule has 0 radical (unpaired) electrons. The Hall–Kier alpha value is -1.42. The molecule has 0 spiro atoms. The number of aliphatic hydroxyl groups is 1. The van der Waals surface area contributed by atoms with Gasteiger partial charge in [0.2, 0.25) is 5.91 Å². The van der Waals surface area contributed by atoms with Gasteiger partial charge in [-0.25, -0.2) is 0 Å². The molecule has 1 saturated heterocycles. The molecular formula is C14H20N2O2. The lowest BCUT2D eigenvalue weighted by molar-refractivity contribution is -0.132. The number of rotatable bonds is 4. The number of hydrogen-bond acceptors (Lipinski definition) is 3. The normalized spacial score (nSPS) is 19.8. The van der Waals surface area contributed by atoms with E-state index in [4.69, 9.17) is 5.11 Å². The van der Waals surface area contributed by atoms with E-state index in [1.807, 2.05) is 17.0 Å². The molecule has 4 nitrogen and oxygen atoms in total. The molecule has 1 aliphatic rings. The molecule has 0 aromatic carbocycles. The third kappa shape index (κ3) is 3.53. The van der Waals surface area contributed by atoms with Gasteiger partial charge in [-0.05, 0) is 36.8 Å². The Bertz CT molecular complexity index is 379. The predicted molar refractivity (Wildman–Crippen MR) is 68.9 cm³/mol. The molecule has 1 aromatic rings. The monoisotopic (exact) mass is 248 g/mol. The first-order chi connectivity index (χ1) is 8.79. The summed E-state index contributed by atoms with van der Waals surface area (Å²) in [5.41, 5.74) is 0.965. The Kier molecular flexibility index (Phi) is 4.70. The fourth-order valence-corrected chi connectivity index (χ4v) is 2.50. The van der Waals surface area contributed by atoms with Gasteiger partial charge in [0.25, 0.3) is 0 Å². The van der Waals surface area contributed by atoms with E-state index >= 15 is 0 Å². The van der Waals surface area contributed by atoms with Crippen molar-refractivity contribution in [3.8, 4) is 0 Å². The van der Waals surface area contributed by atoms with Crippen LogP contribution in [0.1, 0.15) is 24.8 Å². The zero-order valence-corrected chi connectivity index (χ0v) is 10.6. The van der Waals surface area contributed by atoms with E-state index in [-0.39, 0.29) is 12.5 Å². The first-order valence-electron chi connectivity index (χ1n) is 6.57. The fourth-order valence-electron chi connectivity index (χ4n) is 2.50. The number of carbonyl (C=O) groups excluding carboxylic acids is 1. The summed E-state index contributed by atoms with van der Waals surface area (Å²) in [6, 6.07) is 3.79. The first-order valence-corrected chi connectivity index (χ1v) is 6.57. The van der Waals surface area contributed by atoms with Crippen molar-refractivity contribution in [2.45, 2.75) is 25.7 Å². The summed E-state index contributed by atoms with van der Waals surface area (Å²) in [4.78, 5) is 18.1. The number of aliphatic hydroxyl groups excluding tert-OH is 1. The van der Waals surface area contributed by atoms with Crippen molar-refractivity contribution in [3.63, 3.8) is 0 Å². The number of aromatic nitrogens is 1. The van der Waals surface area contributed by atoms with Crippen molar-refractivity contribution in [1.29, 1.82) is 0 Å². The van der Waals surface area contributed by atoms with E-state index in [0.29, 0.717) is 12.3 Å². The van der Waals surface area contributed by atoms with E-state index in [1.54, 1.807) is 12.4 Å². The standard InChI is InChI=1S/C14H20N2O2/c17-8-5-12-4-2-7-16(11-12)14(18)9-13-3-1-6-15-10-13/h1,3,6,10,12,17H,2,4-5,7-9,11H2. The lowest BCUT2D eigenvalue weighted by Gasteiger charge is -2.32. The highest BCUT2D eigenvalue weighted by molar-refractivity contribution is 5.78. The molecule has 4 heteroatoms. The average molecular weight is 248 g/mol. The van der Waals surface area contributed by atoms with E-state index in [2.05, 4.69) is 4.98 Å². The second-order valence-corrected chi connectivity index (χ2v) is 4.90. The summed E-state index contributed by atoms with van der Waals surface area (Å²) in [6.45, 7) is 1.86. The van der Waals surface area contributed by atoms with Gasteiger partial charge in [0, 0.05) is 32.1 Å². The second-order valence-electron chi connectivity index (χ2n) is 4.90. The lowest BCUT2D eigenvalue weighted by Crippen LogP contribution is -2.40. The predicted octanol–water partition coefficient (Wildman–Crippen LogP) is 1.25. The summed E-state index contributed by atoms with van der Waals surface area (Å²) >= 11 is 0. The molecule has 0 aliphatic carbocycles. The number of nitrogens with zero attached hydrogens (tertiary/aromatic N) is 2. The van der Waals surface area contributed by atoms with Gasteiger partial charge in [-0.3, -0.25) is 9.78 Å². The van der Waals surface area contributed by atoms with Crippen LogP contribution in [-0.4, -0.2) is 40.6 Å². The van der Waals surface area contributed by atoms with Crippen molar-refractivity contribution in [2.24, 2.45) is 5.92 Å². The molecule has 2 heterocycles. The third-order valence-corrected chi connectivity index (χ3v) is 3.49. The van der Waals surface area contributed by atoms with Gasteiger partial charge in [0.15, 0.2) is 0 Å². The molecule has 1 fully saturated rings. The Morgan fingerprint density at radius 2 is 2.44 bits per heavy atom. The Balaban J connectivity index is 1.88. The van der Waals surface area contributed by atoms with Crippen LogP contribution >= 0.6 is 0 Å². The molecular weight excluding hydrogens is 228 g/mol. The zero-order chi connectivity index (χ0) is 12.8. The van der Waals surface area contributed by atoms with Gasteiger partial charge in [-0.1, -0.05) is 6.07 Å². The summed E-state index contributed by atoms with van der Waals surface area (Å²) < 4.78 is 0. The maximum absolute atomic E-state index is 12.2. The van der Waals surface area contributed by atoms with Crippen molar-refractivity contribution >= 4 is 5.91 Å². The molecule has 98 valence electrons. The minimum Gasteiger partial charge on any atom is -0.396 e. The van der Waals surface area contributed by atoms with Crippen LogP contribution < -0.4 is 0 Å². The van der Waals surface area contributed by atoms with Crippen LogP contribution in [0.3, 0.4) is 0 Å². The number of amides is 1. The third-order valence-electron chi connectivity index (χ3n) is 3.49. The molecule has 1 N–H and O–H groups in total. The summed E-state index contributed by atoms with van der Waals surface area (Å²) in [6.07, 6.45) is 6.86. The Morgan fingerprint density at radius 3 is 3.17 bits per heavy atom. The van der Waals surface area contributed by atoms with E-state index in [9.17, 15) is 4.79 Å². The molecule has 1 amide bonds. The topological polar surface area (TPSA) is 53.4 Å². The number of likely N-dealkylation sites (tertiary alicyclic amines) is 1. The van der Waals surface area contributed by atoms with E-state index < -0.39 is 0 Å². The van der Waals surface area contributed by atoms with Gasteiger partial charge >= 0.3 is 0 Å². The maximum Gasteiger partial charge on any atom is 0.227 e. The van der Waals surface area contributed by atoms with Crippen LogP contribution in [-0.2, 0) is 11.2 Å². The highest BCUT2D eigenvalue weighted by atomic mass is 16.3. The highest BCUT2D eigenvalue weighted by Crippen LogP contribution is 2.19. The van der Waals surface area contributed by atoms with Gasteiger partial charge in [0.1, 0.15) is 0 Å². The largest absolute Gasteiger partial charge is 0.396 e. The minimum absolute atomic E-state index is 0.172. The molecule has 1 aliphatic heterocycles. The molecule has 18 heavy (non-hydrogen) atoms. The van der Waals surface area contributed by atoms with E-state index in [0.717, 1.165) is 37.9 Å². The van der Waals surface area contributed by atoms with Crippen LogP contribution in [0.5, 0.6) is 0 Å². The zero-order valence-electron chi connectivity index (χ0n) is 10.6. The SMILES string of the molecule is O=C(Cc1cccnc1)N1CCCC(CCO)C1. The van der Waals surface area contributed by atoms with Crippen LogP contribution in [0.2, 0.25) is 0 Å². The molecule has 1 atom stereocenters. The number of hydrogen-bond donors (Lipinski definition) is 1. The molecule has 1 aromatic heterocycles. The maximum atomic E-state index is 12.2. The molecule has 2 rings (SSSR count). The summed E-state index contributed by atoms with van der Waals surface area (Å²) in [5, 5.41) is 8.97. The highest BCUT2D eigenvalue weighted by Gasteiger charge is 2.23. The van der Waals surface area contributed by atoms with Crippen molar-refractivity contribution < 1.29 is 9.90 Å². The van der Waals surface area contributed by atoms with Crippen LogP contribution in [0, 0.1) is 5.92 Å². The van der Waals surface area contributed by atoms with Crippen molar-refractivity contribution in [3.05, 3.63) is 30.1 Å². The Labute approximate surface area is 108 Å². The van der Waals surface area contributed by atoms with Gasteiger partial charge < -0.3 is 10.0 Å². The van der Waals surface area contributed by atoms with Crippen LogP contribution in [0.15, 0.2) is 24.5 Å². The van der Waals surface area contributed by atoms with Crippen LogP contribution in [0.4, 0.5) is 0 Å². The number of piperidine rings is 1. The quantitative estimate of drug-likeness (QED) is 0.872.